The van der Waals surface area contributed by atoms with Crippen molar-refractivity contribution in [2.24, 2.45) is 5.92 Å². The molecule has 0 amide bonds. The van der Waals surface area contributed by atoms with E-state index in [-0.39, 0.29) is 16.9 Å². The number of methoxy groups -OCH3 is 2. The third-order valence-corrected chi connectivity index (χ3v) is 7.63. The minimum Gasteiger partial charge on any atom is -0.493 e. The molecule has 3 unspecified atom stereocenters. The van der Waals surface area contributed by atoms with E-state index < -0.39 is 22.0 Å². The van der Waals surface area contributed by atoms with Crippen molar-refractivity contribution in [1.29, 1.82) is 0 Å². The molecule has 1 aliphatic heterocycles. The summed E-state index contributed by atoms with van der Waals surface area (Å²) >= 11 is 0. The summed E-state index contributed by atoms with van der Waals surface area (Å²) in [7, 11) is -1.05. The molecule has 0 aromatic heterocycles. The lowest BCUT2D eigenvalue weighted by Gasteiger charge is -2.32. The quantitative estimate of drug-likeness (QED) is 0.839. The number of hydrogen-bond donors (Lipinski definition) is 1. The molecule has 0 bridgehead atoms. The summed E-state index contributed by atoms with van der Waals surface area (Å²) in [5.74, 6) is -0.222. The first kappa shape index (κ1) is 19.0. The van der Waals surface area contributed by atoms with Gasteiger partial charge < -0.3 is 14.6 Å². The Bertz CT molecular complexity index is 806. The fourth-order valence-electron chi connectivity index (χ4n) is 4.33. The molecule has 3 rings (SSSR count). The zero-order valence-electron chi connectivity index (χ0n) is 15.3. The molecule has 26 heavy (non-hydrogen) atoms. The Hall–Kier alpha value is -1.80. The van der Waals surface area contributed by atoms with Gasteiger partial charge in [-0.1, -0.05) is 12.8 Å². The number of carbonyl (C=O) groups is 1. The van der Waals surface area contributed by atoms with Gasteiger partial charge in [0, 0.05) is 12.1 Å². The van der Waals surface area contributed by atoms with Gasteiger partial charge in [-0.05, 0) is 43.7 Å². The van der Waals surface area contributed by atoms with E-state index in [0.717, 1.165) is 19.3 Å². The number of hydrogen-bond acceptors (Lipinski definition) is 5. The van der Waals surface area contributed by atoms with Gasteiger partial charge in [-0.3, -0.25) is 4.79 Å². The number of aryl methyl sites for hydroxylation is 1. The molecule has 2 aliphatic rings. The Balaban J connectivity index is 2.10. The smallest absolute Gasteiger partial charge is 0.322 e. The van der Waals surface area contributed by atoms with E-state index in [2.05, 4.69) is 0 Å². The number of benzene rings is 1. The third kappa shape index (κ3) is 3.05. The molecule has 1 saturated heterocycles. The Labute approximate surface area is 154 Å². The molecule has 1 aliphatic carbocycles. The standard InChI is InChI=1S/C18H25NO6S/c1-11-8-15(24-2)16(25-3)10-17(11)26(22,23)19-13-7-5-4-6-12(13)9-14(19)18(20)21/h8,10,12-14H,4-7,9H2,1-3H3,(H,20,21). The number of fused-ring (bicyclic) bond motifs is 1. The second-order valence-electron chi connectivity index (χ2n) is 7.01. The predicted octanol–water partition coefficient (Wildman–Crippen LogP) is 2.42. The number of sulfonamides is 1. The molecule has 8 heteroatoms. The molecule has 2 fully saturated rings. The molecule has 1 aromatic rings. The van der Waals surface area contributed by atoms with Gasteiger partial charge in [-0.25, -0.2) is 8.42 Å². The highest BCUT2D eigenvalue weighted by Gasteiger charge is 2.51. The second kappa shape index (κ2) is 7.08. The van der Waals surface area contributed by atoms with Crippen molar-refractivity contribution in [1.82, 2.24) is 4.31 Å². The maximum absolute atomic E-state index is 13.5. The van der Waals surface area contributed by atoms with E-state index in [0.29, 0.717) is 29.9 Å². The number of rotatable bonds is 5. The lowest BCUT2D eigenvalue weighted by molar-refractivity contribution is -0.141. The van der Waals surface area contributed by atoms with Crippen LogP contribution in [0.2, 0.25) is 0 Å². The summed E-state index contributed by atoms with van der Waals surface area (Å²) in [6.07, 6.45) is 3.91. The predicted molar refractivity (Wildman–Crippen MR) is 95.1 cm³/mol. The van der Waals surface area contributed by atoms with Gasteiger partial charge in [0.1, 0.15) is 6.04 Å². The van der Waals surface area contributed by atoms with Crippen LogP contribution in [0.25, 0.3) is 0 Å². The van der Waals surface area contributed by atoms with Gasteiger partial charge in [0.25, 0.3) is 0 Å². The van der Waals surface area contributed by atoms with E-state index >= 15 is 0 Å². The van der Waals surface area contributed by atoms with E-state index in [1.807, 2.05) is 0 Å². The summed E-state index contributed by atoms with van der Waals surface area (Å²) in [6, 6.07) is 1.78. The molecule has 3 atom stereocenters. The number of nitrogens with zero attached hydrogens (tertiary/aromatic N) is 1. The highest BCUT2D eigenvalue weighted by Crippen LogP contribution is 2.44. The topological polar surface area (TPSA) is 93.1 Å². The fraction of sp³-hybridized carbons (Fsp3) is 0.611. The van der Waals surface area contributed by atoms with Crippen LogP contribution in [0, 0.1) is 12.8 Å². The number of carboxylic acids is 1. The summed E-state index contributed by atoms with van der Waals surface area (Å²) in [5.41, 5.74) is 0.506. The van der Waals surface area contributed by atoms with Crippen molar-refractivity contribution in [2.75, 3.05) is 14.2 Å². The highest BCUT2D eigenvalue weighted by molar-refractivity contribution is 7.89. The average molecular weight is 383 g/mol. The fourth-order valence-corrected chi connectivity index (χ4v) is 6.42. The molecule has 1 N–H and O–H groups in total. The van der Waals surface area contributed by atoms with Gasteiger partial charge in [0.15, 0.2) is 11.5 Å². The van der Waals surface area contributed by atoms with Gasteiger partial charge in [-0.2, -0.15) is 4.31 Å². The Morgan fingerprint density at radius 3 is 2.38 bits per heavy atom. The average Bonchev–Trinajstić information content (AvgIpc) is 3.01. The van der Waals surface area contributed by atoms with Crippen molar-refractivity contribution < 1.29 is 27.8 Å². The van der Waals surface area contributed by atoms with Gasteiger partial charge >= 0.3 is 5.97 Å². The minimum absolute atomic E-state index is 0.0765. The Morgan fingerprint density at radius 2 is 1.77 bits per heavy atom. The van der Waals surface area contributed by atoms with Crippen molar-refractivity contribution in [3.8, 4) is 11.5 Å². The number of aliphatic carboxylic acids is 1. The van der Waals surface area contributed by atoms with Crippen LogP contribution in [0.5, 0.6) is 11.5 Å². The van der Waals surface area contributed by atoms with Crippen LogP contribution in [0.3, 0.4) is 0 Å². The molecular formula is C18H25NO6S. The molecule has 1 heterocycles. The van der Waals surface area contributed by atoms with Crippen molar-refractivity contribution in [2.45, 2.75) is 56.0 Å². The molecule has 1 saturated carbocycles. The number of ether oxygens (including phenoxy) is 2. The summed E-state index contributed by atoms with van der Waals surface area (Å²) in [6.45, 7) is 1.68. The first-order valence-electron chi connectivity index (χ1n) is 8.80. The van der Waals surface area contributed by atoms with Crippen LogP contribution >= 0.6 is 0 Å². The van der Waals surface area contributed by atoms with Crippen LogP contribution < -0.4 is 9.47 Å². The minimum atomic E-state index is -3.97. The van der Waals surface area contributed by atoms with Crippen LogP contribution in [-0.4, -0.2) is 50.1 Å². The highest BCUT2D eigenvalue weighted by atomic mass is 32.2. The SMILES string of the molecule is COc1cc(C)c(S(=O)(=O)N2C(C(=O)O)CC3CCCCC32)cc1OC. The molecular weight excluding hydrogens is 358 g/mol. The van der Waals surface area contributed by atoms with E-state index in [4.69, 9.17) is 9.47 Å². The molecule has 7 nitrogen and oxygen atoms in total. The van der Waals surface area contributed by atoms with Crippen molar-refractivity contribution >= 4 is 16.0 Å². The second-order valence-corrected chi connectivity index (χ2v) is 8.82. The lowest BCUT2D eigenvalue weighted by atomic mass is 9.85. The Morgan fingerprint density at radius 1 is 1.15 bits per heavy atom. The van der Waals surface area contributed by atoms with Crippen LogP contribution in [-0.2, 0) is 14.8 Å². The van der Waals surface area contributed by atoms with E-state index in [1.54, 1.807) is 13.0 Å². The van der Waals surface area contributed by atoms with Crippen LogP contribution in [0.4, 0.5) is 0 Å². The third-order valence-electron chi connectivity index (χ3n) is 5.55. The summed E-state index contributed by atoms with van der Waals surface area (Å²) in [4.78, 5) is 11.9. The van der Waals surface area contributed by atoms with Crippen molar-refractivity contribution in [3.05, 3.63) is 17.7 Å². The molecule has 0 spiro atoms. The van der Waals surface area contributed by atoms with E-state index in [1.165, 1.54) is 24.6 Å². The Kier molecular flexibility index (Phi) is 5.16. The maximum Gasteiger partial charge on any atom is 0.322 e. The van der Waals surface area contributed by atoms with Gasteiger partial charge in [0.2, 0.25) is 10.0 Å². The first-order chi connectivity index (χ1) is 12.3. The lowest BCUT2D eigenvalue weighted by Crippen LogP contribution is -2.46. The zero-order valence-corrected chi connectivity index (χ0v) is 16.1. The van der Waals surface area contributed by atoms with Crippen LogP contribution in [0.15, 0.2) is 17.0 Å². The monoisotopic (exact) mass is 383 g/mol. The van der Waals surface area contributed by atoms with E-state index in [9.17, 15) is 18.3 Å². The number of carboxylic acid groups (broad SMARTS) is 1. The maximum atomic E-state index is 13.5. The van der Waals surface area contributed by atoms with Crippen molar-refractivity contribution in [3.63, 3.8) is 0 Å². The zero-order chi connectivity index (χ0) is 19.1. The van der Waals surface area contributed by atoms with Gasteiger partial charge in [-0.15, -0.1) is 0 Å². The normalized spacial score (nSPS) is 26.3. The molecule has 1 aromatic carbocycles. The summed E-state index contributed by atoms with van der Waals surface area (Å²) < 4.78 is 38.6. The van der Waals surface area contributed by atoms with Gasteiger partial charge in [0.05, 0.1) is 19.1 Å². The molecule has 0 radical (unpaired) electrons. The largest absolute Gasteiger partial charge is 0.493 e. The first-order valence-corrected chi connectivity index (χ1v) is 10.2. The van der Waals surface area contributed by atoms with Crippen LogP contribution in [0.1, 0.15) is 37.7 Å². The molecule has 144 valence electrons. The summed E-state index contributed by atoms with van der Waals surface area (Å²) in [5, 5.41) is 9.64.